The Morgan fingerprint density at radius 1 is 1.32 bits per heavy atom. The third-order valence-corrected chi connectivity index (χ3v) is 4.52. The highest BCUT2D eigenvalue weighted by Crippen LogP contribution is 2.34. The molecule has 3 heteroatoms. The number of hydrogen-bond acceptors (Lipinski definition) is 2. The van der Waals surface area contributed by atoms with Gasteiger partial charge < -0.3 is 5.32 Å². The molecule has 1 saturated carbocycles. The molecule has 1 aliphatic heterocycles. The largest absolute Gasteiger partial charge is 0.352 e. The summed E-state index contributed by atoms with van der Waals surface area (Å²) in [5.41, 5.74) is 2.44. The number of carbonyl (C=O) groups excluding carboxylic acids is 2. The summed E-state index contributed by atoms with van der Waals surface area (Å²) in [4.78, 5) is 24.3. The molecule has 1 aromatic carbocycles. The van der Waals surface area contributed by atoms with E-state index in [1.807, 2.05) is 12.1 Å². The quantitative estimate of drug-likeness (QED) is 0.828. The zero-order valence-corrected chi connectivity index (χ0v) is 11.2. The first-order chi connectivity index (χ1) is 9.16. The number of carbonyl (C=O) groups is 2. The van der Waals surface area contributed by atoms with E-state index in [1.54, 1.807) is 6.07 Å². The number of amides is 1. The second kappa shape index (κ2) is 4.80. The molecule has 2 atom stereocenters. The Labute approximate surface area is 113 Å². The number of nitrogens with one attached hydrogen (secondary N) is 1. The van der Waals surface area contributed by atoms with Gasteiger partial charge in [-0.05, 0) is 36.8 Å². The summed E-state index contributed by atoms with van der Waals surface area (Å²) in [6.45, 7) is 2.85. The van der Waals surface area contributed by atoms with Gasteiger partial charge in [-0.2, -0.15) is 0 Å². The van der Waals surface area contributed by atoms with Crippen LogP contribution < -0.4 is 5.32 Å². The molecular formula is C16H19NO2. The Hall–Kier alpha value is -1.64. The van der Waals surface area contributed by atoms with Crippen LogP contribution in [-0.4, -0.2) is 18.2 Å². The molecule has 3 nitrogen and oxygen atoms in total. The first-order valence-corrected chi connectivity index (χ1v) is 7.12. The molecule has 2 aliphatic rings. The second-order valence-electron chi connectivity index (χ2n) is 5.76. The van der Waals surface area contributed by atoms with E-state index in [4.69, 9.17) is 0 Å². The predicted octanol–water partition coefficient (Wildman–Crippen LogP) is 2.59. The summed E-state index contributed by atoms with van der Waals surface area (Å²) in [7, 11) is 0. The highest BCUT2D eigenvalue weighted by Gasteiger charge is 2.31. The van der Waals surface area contributed by atoms with Crippen LogP contribution in [0.1, 0.15) is 52.5 Å². The summed E-state index contributed by atoms with van der Waals surface area (Å²) < 4.78 is 0. The number of Topliss-reactive ketones (excluding diaryl/α,β-unsaturated/α-hetero) is 1. The first kappa shape index (κ1) is 12.4. The number of hydrogen-bond donors (Lipinski definition) is 1. The molecule has 0 spiro atoms. The molecule has 19 heavy (non-hydrogen) atoms. The van der Waals surface area contributed by atoms with E-state index >= 15 is 0 Å². The fourth-order valence-corrected chi connectivity index (χ4v) is 3.31. The number of ketones is 1. The van der Waals surface area contributed by atoms with Gasteiger partial charge in [0.2, 0.25) is 0 Å². The summed E-state index contributed by atoms with van der Waals surface area (Å²) in [6.07, 6.45) is 4.13. The SMILES string of the molecule is CC1CCCC1C(=O)c1ccc2c(c1)C(=O)NCC2. The van der Waals surface area contributed by atoms with Crippen LogP contribution >= 0.6 is 0 Å². The van der Waals surface area contributed by atoms with Crippen LogP contribution in [0.2, 0.25) is 0 Å². The number of fused-ring (bicyclic) bond motifs is 1. The van der Waals surface area contributed by atoms with E-state index in [0.717, 1.165) is 31.2 Å². The van der Waals surface area contributed by atoms with Gasteiger partial charge in [0.1, 0.15) is 0 Å². The molecule has 0 saturated heterocycles. The Kier molecular flexibility index (Phi) is 3.13. The minimum atomic E-state index is -0.0460. The van der Waals surface area contributed by atoms with Gasteiger partial charge in [-0.15, -0.1) is 0 Å². The van der Waals surface area contributed by atoms with Crippen LogP contribution in [0.25, 0.3) is 0 Å². The van der Waals surface area contributed by atoms with Crippen LogP contribution in [-0.2, 0) is 6.42 Å². The lowest BCUT2D eigenvalue weighted by Gasteiger charge is -2.19. The Balaban J connectivity index is 1.91. The van der Waals surface area contributed by atoms with E-state index in [1.165, 1.54) is 0 Å². The van der Waals surface area contributed by atoms with E-state index in [0.29, 0.717) is 23.6 Å². The van der Waals surface area contributed by atoms with Crippen LogP contribution in [0.15, 0.2) is 18.2 Å². The number of benzene rings is 1. The molecule has 1 aliphatic carbocycles. The van der Waals surface area contributed by atoms with Gasteiger partial charge >= 0.3 is 0 Å². The monoisotopic (exact) mass is 257 g/mol. The normalized spacial score (nSPS) is 25.8. The van der Waals surface area contributed by atoms with Crippen molar-refractivity contribution >= 4 is 11.7 Å². The lowest BCUT2D eigenvalue weighted by molar-refractivity contribution is 0.0897. The molecule has 0 bridgehead atoms. The van der Waals surface area contributed by atoms with Crippen molar-refractivity contribution in [2.45, 2.75) is 32.6 Å². The van der Waals surface area contributed by atoms with Crippen LogP contribution in [0.3, 0.4) is 0 Å². The first-order valence-electron chi connectivity index (χ1n) is 7.12. The fourth-order valence-electron chi connectivity index (χ4n) is 3.31. The summed E-state index contributed by atoms with van der Waals surface area (Å²) >= 11 is 0. The average Bonchev–Trinajstić information content (AvgIpc) is 2.84. The third-order valence-electron chi connectivity index (χ3n) is 4.52. The van der Waals surface area contributed by atoms with Crippen LogP contribution in [0, 0.1) is 11.8 Å². The molecule has 1 fully saturated rings. The van der Waals surface area contributed by atoms with Gasteiger partial charge in [0, 0.05) is 23.6 Å². The minimum Gasteiger partial charge on any atom is -0.352 e. The van der Waals surface area contributed by atoms with Crippen molar-refractivity contribution in [2.24, 2.45) is 11.8 Å². The maximum absolute atomic E-state index is 12.5. The summed E-state index contributed by atoms with van der Waals surface area (Å²) in [6, 6.07) is 5.63. The van der Waals surface area contributed by atoms with Crippen molar-refractivity contribution in [3.05, 3.63) is 34.9 Å². The van der Waals surface area contributed by atoms with Crippen molar-refractivity contribution in [1.29, 1.82) is 0 Å². The van der Waals surface area contributed by atoms with E-state index in [9.17, 15) is 9.59 Å². The van der Waals surface area contributed by atoms with E-state index in [-0.39, 0.29) is 17.6 Å². The van der Waals surface area contributed by atoms with Gasteiger partial charge in [-0.25, -0.2) is 0 Å². The molecule has 3 rings (SSSR count). The van der Waals surface area contributed by atoms with E-state index < -0.39 is 0 Å². The molecule has 0 radical (unpaired) electrons. The molecule has 100 valence electrons. The van der Waals surface area contributed by atoms with Crippen molar-refractivity contribution in [3.8, 4) is 0 Å². The Morgan fingerprint density at radius 2 is 2.16 bits per heavy atom. The Morgan fingerprint density at radius 3 is 2.89 bits per heavy atom. The second-order valence-corrected chi connectivity index (χ2v) is 5.76. The van der Waals surface area contributed by atoms with Gasteiger partial charge in [0.05, 0.1) is 0 Å². The highest BCUT2D eigenvalue weighted by molar-refractivity contribution is 6.03. The molecular weight excluding hydrogens is 238 g/mol. The lowest BCUT2D eigenvalue weighted by atomic mass is 9.87. The molecule has 0 aromatic heterocycles. The van der Waals surface area contributed by atoms with Crippen LogP contribution in [0.5, 0.6) is 0 Å². The van der Waals surface area contributed by atoms with Crippen LogP contribution in [0.4, 0.5) is 0 Å². The summed E-state index contributed by atoms with van der Waals surface area (Å²) in [5.74, 6) is 0.781. The van der Waals surface area contributed by atoms with Crippen molar-refractivity contribution in [1.82, 2.24) is 5.32 Å². The topological polar surface area (TPSA) is 46.2 Å². The molecule has 2 unspecified atom stereocenters. The molecule has 1 heterocycles. The zero-order chi connectivity index (χ0) is 13.4. The van der Waals surface area contributed by atoms with Gasteiger partial charge in [0.25, 0.3) is 5.91 Å². The standard InChI is InChI=1S/C16H19NO2/c1-10-3-2-4-13(10)15(18)12-6-5-11-7-8-17-16(19)14(11)9-12/h5-6,9-10,13H,2-4,7-8H2,1H3,(H,17,19). The summed E-state index contributed by atoms with van der Waals surface area (Å²) in [5, 5.41) is 2.83. The lowest BCUT2D eigenvalue weighted by Crippen LogP contribution is -2.32. The zero-order valence-electron chi connectivity index (χ0n) is 11.2. The van der Waals surface area contributed by atoms with Crippen molar-refractivity contribution in [2.75, 3.05) is 6.54 Å². The highest BCUT2D eigenvalue weighted by atomic mass is 16.1. The van der Waals surface area contributed by atoms with Gasteiger partial charge in [-0.3, -0.25) is 9.59 Å². The van der Waals surface area contributed by atoms with Gasteiger partial charge in [0.15, 0.2) is 5.78 Å². The molecule has 1 aromatic rings. The predicted molar refractivity (Wildman–Crippen MR) is 73.3 cm³/mol. The molecule has 1 N–H and O–H groups in total. The smallest absolute Gasteiger partial charge is 0.251 e. The van der Waals surface area contributed by atoms with Crippen molar-refractivity contribution < 1.29 is 9.59 Å². The third kappa shape index (κ3) is 2.18. The number of rotatable bonds is 2. The Bertz CT molecular complexity index is 536. The average molecular weight is 257 g/mol. The maximum atomic E-state index is 12.5. The minimum absolute atomic E-state index is 0.0460. The van der Waals surface area contributed by atoms with Gasteiger partial charge in [-0.1, -0.05) is 25.5 Å². The van der Waals surface area contributed by atoms with Crippen molar-refractivity contribution in [3.63, 3.8) is 0 Å². The molecule has 1 amide bonds. The maximum Gasteiger partial charge on any atom is 0.251 e. The van der Waals surface area contributed by atoms with E-state index in [2.05, 4.69) is 12.2 Å². The fraction of sp³-hybridized carbons (Fsp3) is 0.500.